The number of benzene rings is 2. The Morgan fingerprint density at radius 2 is 1.84 bits per heavy atom. The Morgan fingerprint density at radius 3 is 2.68 bits per heavy atom. The molecule has 31 heavy (non-hydrogen) atoms. The number of fused-ring (bicyclic) bond motifs is 3. The zero-order valence-electron chi connectivity index (χ0n) is 17.4. The quantitative estimate of drug-likeness (QED) is 0.425. The van der Waals surface area contributed by atoms with E-state index in [1.165, 1.54) is 5.56 Å². The molecule has 5 rings (SSSR count). The highest BCUT2D eigenvalue weighted by atomic mass is 79.9. The first kappa shape index (κ1) is 19.9. The van der Waals surface area contributed by atoms with Gasteiger partial charge in [-0.15, -0.1) is 0 Å². The van der Waals surface area contributed by atoms with Crippen molar-refractivity contribution in [1.29, 1.82) is 0 Å². The second kappa shape index (κ2) is 8.23. The Bertz CT molecular complexity index is 1250. The molecule has 1 N–H and O–H groups in total. The third-order valence-electron chi connectivity index (χ3n) is 5.79. The molecule has 1 aliphatic rings. The van der Waals surface area contributed by atoms with E-state index in [0.717, 1.165) is 58.6 Å². The van der Waals surface area contributed by atoms with Crippen LogP contribution in [0.5, 0.6) is 0 Å². The lowest BCUT2D eigenvalue weighted by molar-refractivity contribution is 0.215. The fourth-order valence-electron chi connectivity index (χ4n) is 4.14. The fraction of sp³-hybridized carbons (Fsp3) is 0.250. The maximum atomic E-state index is 12.8. The number of nitrogens with zero attached hydrogens (tertiary/aromatic N) is 4. The van der Waals surface area contributed by atoms with Gasteiger partial charge in [-0.05, 0) is 55.8 Å². The minimum Gasteiger partial charge on any atom is -0.353 e. The van der Waals surface area contributed by atoms with Crippen LogP contribution in [0.25, 0.3) is 16.6 Å². The predicted molar refractivity (Wildman–Crippen MR) is 129 cm³/mol. The van der Waals surface area contributed by atoms with Crippen molar-refractivity contribution in [1.82, 2.24) is 14.3 Å². The van der Waals surface area contributed by atoms with Gasteiger partial charge in [0.1, 0.15) is 0 Å². The molecule has 2 aromatic carbocycles. The van der Waals surface area contributed by atoms with Crippen LogP contribution in [0.1, 0.15) is 12.0 Å². The van der Waals surface area contributed by atoms with Crippen LogP contribution in [0.3, 0.4) is 0 Å². The van der Waals surface area contributed by atoms with Gasteiger partial charge in [0, 0.05) is 42.5 Å². The van der Waals surface area contributed by atoms with Crippen LogP contribution in [-0.4, -0.2) is 46.5 Å². The monoisotopic (exact) mass is 477 g/mol. The lowest BCUT2D eigenvalue weighted by Crippen LogP contribution is -2.38. The Kier molecular flexibility index (Phi) is 5.28. The lowest BCUT2D eigenvalue weighted by Gasteiger charge is -2.24. The zero-order chi connectivity index (χ0) is 21.4. The van der Waals surface area contributed by atoms with E-state index in [0.29, 0.717) is 6.54 Å². The van der Waals surface area contributed by atoms with Crippen molar-refractivity contribution < 1.29 is 4.79 Å². The van der Waals surface area contributed by atoms with Gasteiger partial charge in [-0.25, -0.2) is 9.78 Å². The molecule has 6 nitrogen and oxygen atoms in total. The number of hydrogen-bond acceptors (Lipinski definition) is 3. The average Bonchev–Trinajstić information content (AvgIpc) is 3.12. The van der Waals surface area contributed by atoms with Gasteiger partial charge in [-0.1, -0.05) is 33.6 Å². The molecule has 1 aliphatic heterocycles. The van der Waals surface area contributed by atoms with Crippen molar-refractivity contribution in [3.8, 4) is 0 Å². The number of carbonyl (C=O) groups excluding carboxylic acids is 1. The van der Waals surface area contributed by atoms with Crippen molar-refractivity contribution in [2.75, 3.05) is 36.4 Å². The van der Waals surface area contributed by atoms with E-state index in [4.69, 9.17) is 4.98 Å². The highest BCUT2D eigenvalue weighted by molar-refractivity contribution is 9.10. The molecule has 0 atom stereocenters. The first-order valence-corrected chi connectivity index (χ1v) is 11.3. The van der Waals surface area contributed by atoms with Gasteiger partial charge >= 0.3 is 6.03 Å². The van der Waals surface area contributed by atoms with E-state index in [-0.39, 0.29) is 6.03 Å². The molecule has 4 aromatic rings. The van der Waals surface area contributed by atoms with Crippen molar-refractivity contribution in [2.45, 2.75) is 13.3 Å². The van der Waals surface area contributed by atoms with E-state index in [1.807, 2.05) is 42.2 Å². The Hall–Kier alpha value is -3.06. The summed E-state index contributed by atoms with van der Waals surface area (Å²) in [5.74, 6) is 0.969. The van der Waals surface area contributed by atoms with Gasteiger partial charge in [-0.3, -0.25) is 0 Å². The minimum absolute atomic E-state index is 0.0473. The number of carbonyl (C=O) groups is 1. The van der Waals surface area contributed by atoms with Crippen LogP contribution in [0.4, 0.5) is 16.3 Å². The molecule has 0 spiro atoms. The van der Waals surface area contributed by atoms with Crippen LogP contribution >= 0.6 is 15.9 Å². The highest BCUT2D eigenvalue weighted by Gasteiger charge is 2.22. The van der Waals surface area contributed by atoms with Crippen LogP contribution < -0.4 is 10.2 Å². The molecule has 0 radical (unpaired) electrons. The second-order valence-electron chi connectivity index (χ2n) is 7.96. The largest absolute Gasteiger partial charge is 0.353 e. The summed E-state index contributed by atoms with van der Waals surface area (Å²) < 4.78 is 3.21. The first-order chi connectivity index (χ1) is 15.1. The Labute approximate surface area is 189 Å². The molecule has 158 valence electrons. The summed E-state index contributed by atoms with van der Waals surface area (Å²) in [6, 6.07) is 18.2. The second-order valence-corrected chi connectivity index (χ2v) is 8.87. The fourth-order valence-corrected chi connectivity index (χ4v) is 4.49. The maximum absolute atomic E-state index is 12.8. The van der Waals surface area contributed by atoms with Crippen LogP contribution in [0.2, 0.25) is 0 Å². The summed E-state index contributed by atoms with van der Waals surface area (Å²) in [4.78, 5) is 22.0. The smallest absolute Gasteiger partial charge is 0.321 e. The predicted octanol–water partition coefficient (Wildman–Crippen LogP) is 5.30. The Balaban J connectivity index is 1.37. The van der Waals surface area contributed by atoms with Gasteiger partial charge in [0.25, 0.3) is 0 Å². The van der Waals surface area contributed by atoms with E-state index in [2.05, 4.69) is 61.0 Å². The van der Waals surface area contributed by atoms with Crippen LogP contribution in [0, 0.1) is 6.92 Å². The van der Waals surface area contributed by atoms with Gasteiger partial charge in [0.05, 0.1) is 16.6 Å². The standard InChI is InChI=1S/C24H24BrN5O/c1-17-5-8-19(9-6-17)26-24(31)29-12-3-11-28(14-15-29)23-22-4-2-13-30(22)21-10-7-18(25)16-20(21)27-23/h2,4-10,13,16H,3,11-12,14-15H2,1H3,(H,26,31). The summed E-state index contributed by atoms with van der Waals surface area (Å²) in [7, 11) is 0. The molecule has 1 fully saturated rings. The molecule has 7 heteroatoms. The number of amides is 2. The summed E-state index contributed by atoms with van der Waals surface area (Å²) in [5.41, 5.74) is 5.13. The molecule has 0 unspecified atom stereocenters. The van der Waals surface area contributed by atoms with E-state index >= 15 is 0 Å². The number of nitrogens with one attached hydrogen (secondary N) is 1. The van der Waals surface area contributed by atoms with E-state index in [9.17, 15) is 4.79 Å². The van der Waals surface area contributed by atoms with Crippen molar-refractivity contribution in [3.63, 3.8) is 0 Å². The molecule has 0 bridgehead atoms. The van der Waals surface area contributed by atoms with Gasteiger partial charge in [0.2, 0.25) is 0 Å². The normalized spacial score (nSPS) is 14.8. The number of aromatic nitrogens is 2. The number of halogens is 1. The van der Waals surface area contributed by atoms with Gasteiger partial charge < -0.3 is 19.5 Å². The molecule has 0 aliphatic carbocycles. The summed E-state index contributed by atoms with van der Waals surface area (Å²) in [6.45, 7) is 5.03. The number of anilines is 2. The molecule has 2 amide bonds. The van der Waals surface area contributed by atoms with E-state index in [1.54, 1.807) is 0 Å². The van der Waals surface area contributed by atoms with Crippen molar-refractivity contribution >= 4 is 50.0 Å². The molecule has 0 saturated carbocycles. The SMILES string of the molecule is Cc1ccc(NC(=O)N2CCCN(c3nc4cc(Br)ccc4n4cccc34)CC2)cc1. The summed E-state index contributed by atoms with van der Waals surface area (Å²) >= 11 is 3.56. The number of hydrogen-bond donors (Lipinski definition) is 1. The van der Waals surface area contributed by atoms with Crippen molar-refractivity contribution in [2.24, 2.45) is 0 Å². The Morgan fingerprint density at radius 1 is 1.00 bits per heavy atom. The molecular weight excluding hydrogens is 454 g/mol. The average molecular weight is 478 g/mol. The maximum Gasteiger partial charge on any atom is 0.321 e. The highest BCUT2D eigenvalue weighted by Crippen LogP contribution is 2.28. The van der Waals surface area contributed by atoms with Crippen LogP contribution in [0.15, 0.2) is 65.3 Å². The molecule has 1 saturated heterocycles. The van der Waals surface area contributed by atoms with Crippen LogP contribution in [-0.2, 0) is 0 Å². The minimum atomic E-state index is -0.0473. The third kappa shape index (κ3) is 3.97. The number of urea groups is 1. The number of rotatable bonds is 2. The summed E-state index contributed by atoms with van der Waals surface area (Å²) in [6.07, 6.45) is 2.97. The third-order valence-corrected chi connectivity index (χ3v) is 6.28. The van der Waals surface area contributed by atoms with Crippen molar-refractivity contribution in [3.05, 3.63) is 70.8 Å². The summed E-state index contributed by atoms with van der Waals surface area (Å²) in [5, 5.41) is 3.02. The lowest BCUT2D eigenvalue weighted by atomic mass is 10.2. The molecular formula is C24H24BrN5O. The first-order valence-electron chi connectivity index (χ1n) is 10.5. The topological polar surface area (TPSA) is 52.9 Å². The molecule has 3 heterocycles. The van der Waals surface area contributed by atoms with E-state index < -0.39 is 0 Å². The van der Waals surface area contributed by atoms with Gasteiger partial charge in [-0.2, -0.15) is 0 Å². The van der Waals surface area contributed by atoms with Gasteiger partial charge in [0.15, 0.2) is 5.82 Å². The zero-order valence-corrected chi connectivity index (χ0v) is 19.0. The number of aryl methyl sites for hydroxylation is 1. The molecule has 2 aromatic heterocycles.